The monoisotopic (exact) mass is 422 g/mol. The Balaban J connectivity index is 1.78. The Morgan fingerprint density at radius 3 is 2.72 bits per heavy atom. The first-order chi connectivity index (χ1) is 13.8. The first-order valence-electron chi connectivity index (χ1n) is 10.1. The molecule has 0 bridgehead atoms. The highest BCUT2D eigenvalue weighted by molar-refractivity contribution is 7.89. The zero-order valence-electron chi connectivity index (χ0n) is 17.2. The minimum atomic E-state index is -3.36. The van der Waals surface area contributed by atoms with Gasteiger partial charge in [-0.2, -0.15) is 4.31 Å². The van der Waals surface area contributed by atoms with E-state index >= 15 is 0 Å². The third-order valence-electron chi connectivity index (χ3n) is 5.39. The Morgan fingerprint density at radius 1 is 1.34 bits per heavy atom. The van der Waals surface area contributed by atoms with Crippen molar-refractivity contribution in [3.63, 3.8) is 0 Å². The van der Waals surface area contributed by atoms with E-state index in [2.05, 4.69) is 15.8 Å². The summed E-state index contributed by atoms with van der Waals surface area (Å²) in [4.78, 5) is 18.3. The Kier molecular flexibility index (Phi) is 6.60. The molecule has 1 spiro atoms. The number of rotatable bonds is 7. The van der Waals surface area contributed by atoms with Crippen molar-refractivity contribution < 1.29 is 18.0 Å². The van der Waals surface area contributed by atoms with E-state index in [1.54, 1.807) is 6.92 Å². The minimum Gasteiger partial charge on any atom is -0.385 e. The van der Waals surface area contributed by atoms with Crippen LogP contribution in [0.5, 0.6) is 0 Å². The van der Waals surface area contributed by atoms with Crippen LogP contribution in [0.25, 0.3) is 0 Å². The van der Waals surface area contributed by atoms with Gasteiger partial charge in [-0.05, 0) is 32.8 Å². The van der Waals surface area contributed by atoms with Crippen LogP contribution in [0, 0.1) is 0 Å². The van der Waals surface area contributed by atoms with Gasteiger partial charge >= 0.3 is 0 Å². The van der Waals surface area contributed by atoms with E-state index in [-0.39, 0.29) is 36.7 Å². The highest BCUT2D eigenvalue weighted by Crippen LogP contribution is 2.35. The van der Waals surface area contributed by atoms with Crippen LogP contribution in [-0.4, -0.2) is 60.9 Å². The Hall–Kier alpha value is -1.97. The second-order valence-electron chi connectivity index (χ2n) is 7.94. The average molecular weight is 423 g/mol. The van der Waals surface area contributed by atoms with Crippen molar-refractivity contribution in [2.24, 2.45) is 5.16 Å². The van der Waals surface area contributed by atoms with Crippen LogP contribution in [0.1, 0.15) is 39.2 Å². The molecule has 0 radical (unpaired) electrons. The van der Waals surface area contributed by atoms with Gasteiger partial charge < -0.3 is 15.5 Å². The maximum Gasteiger partial charge on any atom is 0.269 e. The zero-order chi connectivity index (χ0) is 21.1. The Morgan fingerprint density at radius 2 is 2.07 bits per heavy atom. The van der Waals surface area contributed by atoms with E-state index in [9.17, 15) is 13.2 Å². The summed E-state index contributed by atoms with van der Waals surface area (Å²) >= 11 is 0. The van der Waals surface area contributed by atoms with Crippen LogP contribution in [-0.2, 0) is 26.2 Å². The fourth-order valence-electron chi connectivity index (χ4n) is 3.80. The summed E-state index contributed by atoms with van der Waals surface area (Å²) < 4.78 is 26.4. The molecule has 1 amide bonds. The van der Waals surface area contributed by atoms with Crippen molar-refractivity contribution in [3.8, 4) is 0 Å². The molecule has 29 heavy (non-hydrogen) atoms. The number of oxime groups is 1. The summed E-state index contributed by atoms with van der Waals surface area (Å²) in [6.45, 7) is 6.62. The highest BCUT2D eigenvalue weighted by Gasteiger charge is 2.52. The van der Waals surface area contributed by atoms with Gasteiger partial charge in [0.25, 0.3) is 5.91 Å². The van der Waals surface area contributed by atoms with E-state index in [1.165, 1.54) is 4.31 Å². The largest absolute Gasteiger partial charge is 0.385 e. The van der Waals surface area contributed by atoms with Crippen LogP contribution < -0.4 is 10.6 Å². The minimum absolute atomic E-state index is 0.0166. The predicted molar refractivity (Wildman–Crippen MR) is 112 cm³/mol. The topological polar surface area (TPSA) is 100 Å². The number of amides is 1. The third-order valence-corrected chi connectivity index (χ3v) is 7.21. The first-order valence-corrected chi connectivity index (χ1v) is 11.7. The first kappa shape index (κ1) is 21.7. The van der Waals surface area contributed by atoms with Crippen LogP contribution >= 0.6 is 0 Å². The number of hydrogen-bond acceptors (Lipinski definition) is 6. The standard InChI is InChI=1S/C20H30N4O4S/c1-4-29(26,27)24-11-10-18(21-13-16-8-6-5-7-9-16)20(14-24)12-17(23-28-20)19(25)22-15(2)3/h5-9,15,18,21H,4,10-14H2,1-3H3,(H,22,25)/t18-,20+/m1/s1. The Bertz CT molecular complexity index is 856. The highest BCUT2D eigenvalue weighted by atomic mass is 32.2. The maximum atomic E-state index is 12.5. The maximum absolute atomic E-state index is 12.5. The molecule has 160 valence electrons. The molecule has 1 aromatic carbocycles. The van der Waals surface area contributed by atoms with Gasteiger partial charge in [-0.15, -0.1) is 0 Å². The molecular formula is C20H30N4O4S. The molecule has 2 aliphatic heterocycles. The van der Waals surface area contributed by atoms with Crippen LogP contribution in [0.4, 0.5) is 0 Å². The molecule has 2 heterocycles. The molecule has 8 nitrogen and oxygen atoms in total. The van der Waals surface area contributed by atoms with Gasteiger partial charge in [0.15, 0.2) is 5.60 Å². The number of carbonyl (C=O) groups excluding carboxylic acids is 1. The fraction of sp³-hybridized carbons (Fsp3) is 0.600. The average Bonchev–Trinajstić information content (AvgIpc) is 3.12. The smallest absolute Gasteiger partial charge is 0.269 e. The summed E-state index contributed by atoms with van der Waals surface area (Å²) in [5, 5.41) is 10.4. The molecule has 2 aliphatic rings. The second kappa shape index (κ2) is 8.81. The van der Waals surface area contributed by atoms with E-state index in [0.29, 0.717) is 25.2 Å². The number of sulfonamides is 1. The van der Waals surface area contributed by atoms with Crippen molar-refractivity contribution >= 4 is 21.6 Å². The molecule has 3 rings (SSSR count). The van der Waals surface area contributed by atoms with E-state index < -0.39 is 15.6 Å². The molecule has 1 saturated heterocycles. The van der Waals surface area contributed by atoms with Crippen molar-refractivity contribution in [1.29, 1.82) is 0 Å². The van der Waals surface area contributed by atoms with Crippen LogP contribution in [0.15, 0.2) is 35.5 Å². The molecule has 2 atom stereocenters. The summed E-state index contributed by atoms with van der Waals surface area (Å²) in [5.41, 5.74) is 0.544. The normalized spacial score (nSPS) is 25.1. The van der Waals surface area contributed by atoms with Crippen molar-refractivity contribution in [3.05, 3.63) is 35.9 Å². The fourth-order valence-corrected chi connectivity index (χ4v) is 4.97. The second-order valence-corrected chi connectivity index (χ2v) is 10.2. The van der Waals surface area contributed by atoms with Gasteiger partial charge in [-0.3, -0.25) is 4.79 Å². The zero-order valence-corrected chi connectivity index (χ0v) is 18.0. The lowest BCUT2D eigenvalue weighted by Gasteiger charge is -2.43. The van der Waals surface area contributed by atoms with Gasteiger partial charge in [-0.1, -0.05) is 35.5 Å². The lowest BCUT2D eigenvalue weighted by atomic mass is 9.84. The summed E-state index contributed by atoms with van der Waals surface area (Å²) in [7, 11) is -3.36. The molecule has 0 aliphatic carbocycles. The van der Waals surface area contributed by atoms with Crippen molar-refractivity contribution in [2.75, 3.05) is 18.8 Å². The van der Waals surface area contributed by atoms with Crippen molar-refractivity contribution in [2.45, 2.75) is 57.8 Å². The molecular weight excluding hydrogens is 392 g/mol. The molecule has 2 N–H and O–H groups in total. The quantitative estimate of drug-likeness (QED) is 0.689. The number of benzene rings is 1. The van der Waals surface area contributed by atoms with E-state index in [1.807, 2.05) is 44.2 Å². The van der Waals surface area contributed by atoms with Crippen molar-refractivity contribution in [1.82, 2.24) is 14.9 Å². The van der Waals surface area contributed by atoms with Gasteiger partial charge in [0.2, 0.25) is 10.0 Å². The van der Waals surface area contributed by atoms with Gasteiger partial charge in [0.1, 0.15) is 5.71 Å². The SMILES string of the molecule is CCS(=O)(=O)N1CC[C@@H](NCc2ccccc2)[C@]2(CC(C(=O)NC(C)C)=NO2)C1. The lowest BCUT2D eigenvalue weighted by Crippen LogP contribution is -2.63. The molecule has 1 fully saturated rings. The third kappa shape index (κ3) is 4.96. The summed E-state index contributed by atoms with van der Waals surface area (Å²) in [6.07, 6.45) is 0.856. The predicted octanol–water partition coefficient (Wildman–Crippen LogP) is 1.24. The molecule has 9 heteroatoms. The number of hydrogen-bond donors (Lipinski definition) is 2. The molecule has 0 saturated carbocycles. The van der Waals surface area contributed by atoms with Crippen LogP contribution in [0.2, 0.25) is 0 Å². The number of carbonyl (C=O) groups is 1. The van der Waals surface area contributed by atoms with Crippen LogP contribution in [0.3, 0.4) is 0 Å². The van der Waals surface area contributed by atoms with Gasteiger partial charge in [0.05, 0.1) is 18.3 Å². The van der Waals surface area contributed by atoms with Gasteiger partial charge in [0, 0.05) is 25.6 Å². The Labute approximate surface area is 172 Å². The molecule has 0 aromatic heterocycles. The molecule has 1 aromatic rings. The molecule has 0 unspecified atom stereocenters. The summed E-state index contributed by atoms with van der Waals surface area (Å²) in [6, 6.07) is 9.84. The lowest BCUT2D eigenvalue weighted by molar-refractivity contribution is -0.115. The van der Waals surface area contributed by atoms with E-state index in [0.717, 1.165) is 5.56 Å². The number of nitrogens with zero attached hydrogens (tertiary/aromatic N) is 2. The number of nitrogens with one attached hydrogen (secondary N) is 2. The van der Waals surface area contributed by atoms with Gasteiger partial charge in [-0.25, -0.2) is 8.42 Å². The summed E-state index contributed by atoms with van der Waals surface area (Å²) in [5.74, 6) is -0.235. The number of piperidine rings is 1. The van der Waals surface area contributed by atoms with E-state index in [4.69, 9.17) is 4.84 Å².